The van der Waals surface area contributed by atoms with Crippen LogP contribution in [0.5, 0.6) is 0 Å². The van der Waals surface area contributed by atoms with Gasteiger partial charge in [-0.3, -0.25) is 9.59 Å². The van der Waals surface area contributed by atoms with Gasteiger partial charge in [-0.2, -0.15) is 23.5 Å². The van der Waals surface area contributed by atoms with Gasteiger partial charge in [0.1, 0.15) is 23.7 Å². The number of nitrogens with zero attached hydrogens (tertiary/aromatic N) is 4. The van der Waals surface area contributed by atoms with Crippen LogP contribution in [0.3, 0.4) is 0 Å². The molecule has 356 valence electrons. The molecule has 4 amide bonds. The molecule has 14 nitrogen and oxygen atoms in total. The van der Waals surface area contributed by atoms with Crippen LogP contribution in [0.15, 0.2) is 73.1 Å². The van der Waals surface area contributed by atoms with Crippen LogP contribution in [0.2, 0.25) is 0 Å². The van der Waals surface area contributed by atoms with E-state index >= 15 is 0 Å². The Morgan fingerprint density at radius 3 is 1.79 bits per heavy atom. The predicted molar refractivity (Wildman–Crippen MR) is 267 cm³/mol. The molecule has 5 aromatic rings. The number of thioether (sulfide) groups is 2. The summed E-state index contributed by atoms with van der Waals surface area (Å²) in [6.45, 7) is 5.49. The minimum absolute atomic E-state index is 0.111. The fourth-order valence-corrected chi connectivity index (χ4v) is 10.3. The lowest BCUT2D eigenvalue weighted by atomic mass is 9.92. The zero-order chi connectivity index (χ0) is 47.5. The van der Waals surface area contributed by atoms with Crippen molar-refractivity contribution in [1.29, 1.82) is 0 Å². The summed E-state index contributed by atoms with van der Waals surface area (Å²) in [5.41, 5.74) is 11.1. The maximum Gasteiger partial charge on any atom is 0.407 e. The van der Waals surface area contributed by atoms with Crippen molar-refractivity contribution in [2.75, 3.05) is 51.3 Å². The number of rotatable bonds is 19. The summed E-state index contributed by atoms with van der Waals surface area (Å²) in [5.74, 6) is 2.74. The monoisotopic (exact) mass is 948 g/mol. The van der Waals surface area contributed by atoms with Crippen LogP contribution in [0.1, 0.15) is 91.4 Å². The number of imidazole rings is 2. The molecule has 16 heteroatoms. The van der Waals surface area contributed by atoms with Crippen LogP contribution < -0.4 is 10.6 Å². The van der Waals surface area contributed by atoms with Crippen molar-refractivity contribution in [1.82, 2.24) is 40.4 Å². The number of nitrogens with one attached hydrogen (secondary N) is 4. The number of carbonyl (C=O) groups is 4. The highest BCUT2D eigenvalue weighted by Crippen LogP contribution is 2.36. The third kappa shape index (κ3) is 11.9. The van der Waals surface area contributed by atoms with Gasteiger partial charge in [0.25, 0.3) is 0 Å². The average molecular weight is 949 g/mol. The van der Waals surface area contributed by atoms with Crippen LogP contribution >= 0.6 is 23.5 Å². The number of hydrogen-bond acceptors (Lipinski definition) is 10. The van der Waals surface area contributed by atoms with E-state index in [1.165, 1.54) is 42.0 Å². The molecule has 2 aliphatic rings. The predicted octanol–water partition coefficient (Wildman–Crippen LogP) is 9.07. The molecule has 2 saturated heterocycles. The SMILES string of the molecule is CCc1ccc(CCc2ccc(C)cc2-c2ccc(-c3cnc([C@@H]4CCCN4C(=O)[C@H](CCSC)NC(=O)OC)[nH]3)cc2)cc1-c1cnc([C@@H]2CCCN2C(=O)[C@H](CCSC)NC(=O)OC)[nH]1. The van der Waals surface area contributed by atoms with Gasteiger partial charge < -0.3 is 39.9 Å². The summed E-state index contributed by atoms with van der Waals surface area (Å²) in [4.78, 5) is 72.2. The average Bonchev–Trinajstić information content (AvgIpc) is 4.21. The molecule has 0 saturated carbocycles. The maximum atomic E-state index is 13.8. The fraction of sp³-hybridized carbons (Fsp3) is 0.451. The van der Waals surface area contributed by atoms with E-state index in [9.17, 15) is 19.2 Å². The normalized spacial score (nSPS) is 16.7. The van der Waals surface area contributed by atoms with Crippen LogP contribution in [0.25, 0.3) is 33.6 Å². The molecule has 3 aromatic carbocycles. The van der Waals surface area contributed by atoms with Crippen LogP contribution in [-0.4, -0.2) is 117 Å². The number of carbonyl (C=O) groups excluding carboxylic acids is 4. The molecule has 0 unspecified atom stereocenters. The quantitative estimate of drug-likeness (QED) is 0.0625. The molecule has 4 heterocycles. The third-order valence-corrected chi connectivity index (χ3v) is 14.3. The molecule has 67 heavy (non-hydrogen) atoms. The number of alkyl carbamates (subject to hydrolysis) is 2. The second kappa shape index (κ2) is 23.3. The van der Waals surface area contributed by atoms with Gasteiger partial charge in [-0.05, 0) is 128 Å². The molecule has 0 radical (unpaired) electrons. The van der Waals surface area contributed by atoms with E-state index in [-0.39, 0.29) is 23.9 Å². The van der Waals surface area contributed by atoms with E-state index in [2.05, 4.69) is 95.1 Å². The lowest BCUT2D eigenvalue weighted by molar-refractivity contribution is -0.135. The van der Waals surface area contributed by atoms with E-state index in [1.54, 1.807) is 23.5 Å². The summed E-state index contributed by atoms with van der Waals surface area (Å²) >= 11 is 3.27. The number of likely N-dealkylation sites (tertiary alicyclic amines) is 2. The molecule has 2 fully saturated rings. The first-order valence-electron chi connectivity index (χ1n) is 23.3. The maximum absolute atomic E-state index is 13.8. The van der Waals surface area contributed by atoms with Crippen molar-refractivity contribution in [2.45, 2.75) is 95.8 Å². The van der Waals surface area contributed by atoms with E-state index < -0.39 is 24.3 Å². The van der Waals surface area contributed by atoms with Gasteiger partial charge >= 0.3 is 12.2 Å². The van der Waals surface area contributed by atoms with Gasteiger partial charge in [0.05, 0.1) is 50.1 Å². The second-order valence-corrected chi connectivity index (χ2v) is 19.2. The molecule has 0 bridgehead atoms. The standard InChI is InChI=1S/C51H64N8O6S2/c1-7-34-16-13-33(29-39(34)43-31-53-47(55-43)45-11-9-25-59(45)49(61)41(23-27-67-6)57-51(63)65-4)14-17-35-15-12-32(2)28-38(35)36-18-20-37(21-19-36)42-30-52-46(54-42)44-10-8-24-58(44)48(60)40(22-26-66-5)56-50(62)64-3/h12-13,15-16,18-21,28-31,40-41,44-45H,7-11,14,17,22-27H2,1-6H3,(H,52,54)(H,53,55)(H,56,62)(H,57,63)/t40-,41-,44-,45-/m0/s1. The minimum atomic E-state index is -0.661. The number of H-pyrrole nitrogens is 2. The Hall–Kier alpha value is -5.74. The third-order valence-electron chi connectivity index (χ3n) is 13.0. The number of aromatic nitrogens is 4. The Labute approximate surface area is 402 Å². The highest BCUT2D eigenvalue weighted by atomic mass is 32.2. The summed E-state index contributed by atoms with van der Waals surface area (Å²) in [6, 6.07) is 20.2. The minimum Gasteiger partial charge on any atom is -0.453 e. The highest BCUT2D eigenvalue weighted by Gasteiger charge is 2.38. The van der Waals surface area contributed by atoms with Gasteiger partial charge in [-0.15, -0.1) is 0 Å². The van der Waals surface area contributed by atoms with Crippen LogP contribution in [0, 0.1) is 6.92 Å². The second-order valence-electron chi connectivity index (χ2n) is 17.3. The zero-order valence-electron chi connectivity index (χ0n) is 39.5. The fourth-order valence-electron chi connectivity index (χ4n) is 9.34. The first kappa shape index (κ1) is 49.2. The lowest BCUT2D eigenvalue weighted by Gasteiger charge is -2.28. The number of amides is 4. The molecule has 7 rings (SSSR count). The molecule has 4 N–H and O–H groups in total. The Morgan fingerprint density at radius 2 is 1.24 bits per heavy atom. The van der Waals surface area contributed by atoms with Gasteiger partial charge in [0.2, 0.25) is 11.8 Å². The van der Waals surface area contributed by atoms with Crippen molar-refractivity contribution in [3.63, 3.8) is 0 Å². The molecule has 0 aliphatic carbocycles. The van der Waals surface area contributed by atoms with E-state index in [0.29, 0.717) is 25.9 Å². The van der Waals surface area contributed by atoms with Crippen molar-refractivity contribution < 1.29 is 28.7 Å². The Bertz CT molecular complexity index is 2490. The molecule has 0 spiro atoms. The topological polar surface area (TPSA) is 175 Å². The number of aromatic amines is 2. The number of ether oxygens (including phenoxy) is 2. The van der Waals surface area contributed by atoms with Crippen LogP contribution in [-0.2, 0) is 38.3 Å². The number of benzene rings is 3. The first-order valence-corrected chi connectivity index (χ1v) is 26.0. The molecule has 2 aliphatic heterocycles. The van der Waals surface area contributed by atoms with Gasteiger partial charge in [0.15, 0.2) is 0 Å². The van der Waals surface area contributed by atoms with Gasteiger partial charge in [-0.25, -0.2) is 19.6 Å². The summed E-state index contributed by atoms with van der Waals surface area (Å²) in [6.07, 6.45) is 13.4. The molecule has 4 atom stereocenters. The van der Waals surface area contributed by atoms with E-state index in [1.807, 2.05) is 34.7 Å². The molecule has 2 aromatic heterocycles. The van der Waals surface area contributed by atoms with Crippen molar-refractivity contribution in [3.8, 4) is 33.6 Å². The smallest absolute Gasteiger partial charge is 0.407 e. The highest BCUT2D eigenvalue weighted by molar-refractivity contribution is 7.98. The largest absolute Gasteiger partial charge is 0.453 e. The van der Waals surface area contributed by atoms with Crippen LogP contribution in [0.4, 0.5) is 9.59 Å². The Kier molecular flexibility index (Phi) is 17.1. The Balaban J connectivity index is 1.04. The van der Waals surface area contributed by atoms with Gasteiger partial charge in [-0.1, -0.05) is 67.1 Å². The number of methoxy groups -OCH3 is 2. The zero-order valence-corrected chi connectivity index (χ0v) is 41.1. The lowest BCUT2D eigenvalue weighted by Crippen LogP contribution is -2.48. The van der Waals surface area contributed by atoms with Crippen molar-refractivity contribution in [3.05, 3.63) is 107 Å². The summed E-state index contributed by atoms with van der Waals surface area (Å²) in [7, 11) is 2.62. The number of aryl methyl sites for hydroxylation is 4. The molecular formula is C51H64N8O6S2. The van der Waals surface area contributed by atoms with E-state index in [0.717, 1.165) is 96.2 Å². The number of hydrogen-bond donors (Lipinski definition) is 4. The van der Waals surface area contributed by atoms with Crippen molar-refractivity contribution >= 4 is 47.5 Å². The van der Waals surface area contributed by atoms with E-state index in [4.69, 9.17) is 19.4 Å². The van der Waals surface area contributed by atoms with Gasteiger partial charge in [0, 0.05) is 18.7 Å². The van der Waals surface area contributed by atoms with Crippen molar-refractivity contribution in [2.24, 2.45) is 0 Å². The molecular weight excluding hydrogens is 885 g/mol. The summed E-state index contributed by atoms with van der Waals surface area (Å²) in [5, 5.41) is 5.49. The summed E-state index contributed by atoms with van der Waals surface area (Å²) < 4.78 is 9.65. The first-order chi connectivity index (χ1) is 32.5. The Morgan fingerprint density at radius 1 is 0.701 bits per heavy atom.